The zero-order valence-corrected chi connectivity index (χ0v) is 14.1. The second-order valence-corrected chi connectivity index (χ2v) is 8.77. The van der Waals surface area contributed by atoms with Gasteiger partial charge in [-0.2, -0.15) is 0 Å². The molecule has 6 nitrogen and oxygen atoms in total. The molecule has 0 bridgehead atoms. The fourth-order valence-electron chi connectivity index (χ4n) is 2.85. The number of benzene rings is 1. The zero-order valence-electron chi connectivity index (χ0n) is 13.3. The van der Waals surface area contributed by atoms with Gasteiger partial charge in [-0.15, -0.1) is 0 Å². The van der Waals surface area contributed by atoms with Gasteiger partial charge in [0.25, 0.3) is 5.91 Å². The zero-order chi connectivity index (χ0) is 17.2. The highest BCUT2D eigenvalue weighted by Crippen LogP contribution is 2.26. The summed E-state index contributed by atoms with van der Waals surface area (Å²) in [7, 11) is -3.03. The summed E-state index contributed by atoms with van der Waals surface area (Å²) >= 11 is 0. The molecule has 0 spiro atoms. The van der Waals surface area contributed by atoms with Crippen LogP contribution >= 0.6 is 0 Å². The number of amides is 1. The van der Waals surface area contributed by atoms with Crippen LogP contribution in [0.25, 0.3) is 0 Å². The number of esters is 1. The lowest BCUT2D eigenvalue weighted by Crippen LogP contribution is -2.33. The smallest absolute Gasteiger partial charge is 0.307 e. The number of ether oxygens (including phenoxy) is 1. The first kappa shape index (κ1) is 17.0. The fraction of sp³-hybridized carbons (Fsp3) is 0.529. The molecule has 1 N–H and O–H groups in total. The van der Waals surface area contributed by atoms with Crippen molar-refractivity contribution in [3.63, 3.8) is 0 Å². The summed E-state index contributed by atoms with van der Waals surface area (Å²) in [6, 6.07) is 9.04. The Morgan fingerprint density at radius 3 is 2.46 bits per heavy atom. The highest BCUT2D eigenvalue weighted by Gasteiger charge is 2.33. The van der Waals surface area contributed by atoms with E-state index in [-0.39, 0.29) is 35.8 Å². The van der Waals surface area contributed by atoms with Crippen molar-refractivity contribution in [1.82, 2.24) is 5.32 Å². The number of carbonyl (C=O) groups is 2. The summed E-state index contributed by atoms with van der Waals surface area (Å²) in [5, 5.41) is 2.85. The molecule has 1 amide bonds. The monoisotopic (exact) mass is 351 g/mol. The molecule has 24 heavy (non-hydrogen) atoms. The average Bonchev–Trinajstić information content (AvgIpc) is 3.28. The van der Waals surface area contributed by atoms with Gasteiger partial charge in [0.15, 0.2) is 9.84 Å². The van der Waals surface area contributed by atoms with Gasteiger partial charge in [-0.3, -0.25) is 9.59 Å². The molecule has 2 atom stereocenters. The highest BCUT2D eigenvalue weighted by molar-refractivity contribution is 7.91. The lowest BCUT2D eigenvalue weighted by molar-refractivity contribution is -0.157. The van der Waals surface area contributed by atoms with E-state index in [9.17, 15) is 18.0 Å². The number of hydrogen-bond donors (Lipinski definition) is 1. The second kappa shape index (κ2) is 6.93. The second-order valence-electron chi connectivity index (χ2n) is 6.54. The number of hydrogen-bond acceptors (Lipinski definition) is 5. The van der Waals surface area contributed by atoms with Crippen LogP contribution in [0, 0.1) is 5.92 Å². The number of nitrogens with one attached hydrogen (secondary N) is 1. The van der Waals surface area contributed by atoms with Crippen molar-refractivity contribution in [2.24, 2.45) is 5.92 Å². The summed E-state index contributed by atoms with van der Waals surface area (Å²) in [5.41, 5.74) is 0.614. The molecule has 1 aromatic carbocycles. The third-order valence-corrected chi connectivity index (χ3v) is 6.13. The van der Waals surface area contributed by atoms with Gasteiger partial charge >= 0.3 is 5.97 Å². The van der Waals surface area contributed by atoms with E-state index in [1.807, 2.05) is 6.07 Å². The minimum atomic E-state index is -3.03. The van der Waals surface area contributed by atoms with Gasteiger partial charge in [-0.05, 0) is 25.2 Å². The van der Waals surface area contributed by atoms with Gasteiger partial charge in [-0.1, -0.05) is 30.3 Å². The third-order valence-electron chi connectivity index (χ3n) is 4.30. The van der Waals surface area contributed by atoms with Crippen molar-refractivity contribution in [2.45, 2.75) is 37.8 Å². The van der Waals surface area contributed by atoms with Crippen molar-refractivity contribution in [2.75, 3.05) is 11.5 Å². The Hall–Kier alpha value is -1.89. The average molecular weight is 351 g/mol. The quantitative estimate of drug-likeness (QED) is 0.782. The van der Waals surface area contributed by atoms with Crippen molar-refractivity contribution in [1.29, 1.82) is 0 Å². The molecular weight excluding hydrogens is 330 g/mol. The molecule has 0 aromatic heterocycles. The van der Waals surface area contributed by atoms with Gasteiger partial charge < -0.3 is 10.1 Å². The van der Waals surface area contributed by atoms with Gasteiger partial charge in [0.1, 0.15) is 0 Å². The Morgan fingerprint density at radius 2 is 1.88 bits per heavy atom. The number of sulfone groups is 1. The van der Waals surface area contributed by atoms with Crippen molar-refractivity contribution < 1.29 is 22.7 Å². The predicted molar refractivity (Wildman–Crippen MR) is 87.8 cm³/mol. The summed E-state index contributed by atoms with van der Waals surface area (Å²) in [5.74, 6) is -0.930. The van der Waals surface area contributed by atoms with Crippen molar-refractivity contribution in [3.8, 4) is 0 Å². The Morgan fingerprint density at radius 1 is 1.17 bits per heavy atom. The van der Waals surface area contributed by atoms with Crippen molar-refractivity contribution in [3.05, 3.63) is 35.9 Å². The van der Waals surface area contributed by atoms with E-state index in [1.165, 1.54) is 0 Å². The summed E-state index contributed by atoms with van der Waals surface area (Å²) in [6.07, 6.45) is 1.40. The SMILES string of the molecule is O=C(C[C@@H]1CCS(=O)(=O)C1)O[C@H](C(=O)NC1CC1)c1ccccc1. The maximum atomic E-state index is 12.4. The largest absolute Gasteiger partial charge is 0.447 e. The molecule has 1 saturated carbocycles. The molecule has 1 aliphatic carbocycles. The molecule has 0 unspecified atom stereocenters. The van der Waals surface area contributed by atoms with Gasteiger partial charge in [-0.25, -0.2) is 8.42 Å². The first-order valence-electron chi connectivity index (χ1n) is 8.18. The van der Waals surface area contributed by atoms with Crippen molar-refractivity contribution >= 4 is 21.7 Å². The van der Waals surface area contributed by atoms with Crippen LogP contribution in [-0.4, -0.2) is 37.8 Å². The molecule has 1 saturated heterocycles. The Bertz CT molecular complexity index is 712. The van der Waals surface area contributed by atoms with Crippen LogP contribution < -0.4 is 5.32 Å². The molecule has 1 aromatic rings. The normalized spacial score (nSPS) is 23.4. The number of rotatable bonds is 6. The molecule has 130 valence electrons. The van der Waals surface area contributed by atoms with E-state index in [2.05, 4.69) is 5.32 Å². The first-order valence-corrected chi connectivity index (χ1v) is 10.0. The molecule has 3 rings (SSSR count). The Balaban J connectivity index is 1.64. The van der Waals surface area contributed by atoms with Gasteiger partial charge in [0.2, 0.25) is 6.10 Å². The van der Waals surface area contributed by atoms with E-state index in [0.29, 0.717) is 12.0 Å². The van der Waals surface area contributed by atoms with Crippen LogP contribution in [0.2, 0.25) is 0 Å². The molecule has 7 heteroatoms. The molecule has 0 radical (unpaired) electrons. The van der Waals surface area contributed by atoms with Gasteiger partial charge in [0.05, 0.1) is 11.5 Å². The van der Waals surface area contributed by atoms with Crippen LogP contribution in [0.5, 0.6) is 0 Å². The standard InChI is InChI=1S/C17H21NO5S/c19-15(10-12-8-9-24(21,22)11-12)23-16(13-4-2-1-3-5-13)17(20)18-14-6-7-14/h1-5,12,14,16H,6-11H2,(H,18,20)/t12-,16-/m0/s1. The summed E-state index contributed by atoms with van der Waals surface area (Å²) in [4.78, 5) is 24.6. The van der Waals surface area contributed by atoms with Crippen LogP contribution in [0.1, 0.15) is 37.4 Å². The molecular formula is C17H21NO5S. The minimum Gasteiger partial charge on any atom is -0.447 e. The Labute approximate surface area is 141 Å². The van der Waals surface area contributed by atoms with Crippen LogP contribution in [0.15, 0.2) is 30.3 Å². The van der Waals surface area contributed by atoms with E-state index in [4.69, 9.17) is 4.74 Å². The lowest BCUT2D eigenvalue weighted by atomic mass is 10.1. The molecule has 2 fully saturated rings. The summed E-state index contributed by atoms with van der Waals surface area (Å²) < 4.78 is 28.4. The van der Waals surface area contributed by atoms with E-state index >= 15 is 0 Å². The molecule has 1 heterocycles. The van der Waals surface area contributed by atoms with E-state index in [1.54, 1.807) is 24.3 Å². The van der Waals surface area contributed by atoms with Crippen LogP contribution in [-0.2, 0) is 24.2 Å². The van der Waals surface area contributed by atoms with Crippen LogP contribution in [0.3, 0.4) is 0 Å². The summed E-state index contributed by atoms with van der Waals surface area (Å²) in [6.45, 7) is 0. The highest BCUT2D eigenvalue weighted by atomic mass is 32.2. The maximum Gasteiger partial charge on any atom is 0.307 e. The topological polar surface area (TPSA) is 89.5 Å². The first-order chi connectivity index (χ1) is 11.4. The van der Waals surface area contributed by atoms with Crippen LogP contribution in [0.4, 0.5) is 0 Å². The molecule has 1 aliphatic heterocycles. The fourth-order valence-corrected chi connectivity index (χ4v) is 4.72. The third kappa shape index (κ3) is 4.56. The van der Waals surface area contributed by atoms with E-state index < -0.39 is 21.9 Å². The molecule has 2 aliphatic rings. The Kier molecular flexibility index (Phi) is 4.89. The number of carbonyl (C=O) groups excluding carboxylic acids is 2. The lowest BCUT2D eigenvalue weighted by Gasteiger charge is -2.19. The predicted octanol–water partition coefficient (Wildman–Crippen LogP) is 1.37. The van der Waals surface area contributed by atoms with E-state index in [0.717, 1.165) is 12.8 Å². The maximum absolute atomic E-state index is 12.4. The minimum absolute atomic E-state index is 0.0202. The van der Waals surface area contributed by atoms with Gasteiger partial charge in [0, 0.05) is 18.0 Å².